The SMILES string of the molecule is C=CC(=O)OCCOc1ccccc1Cc1ccccc1.OCCOc1ccccc1Cc1ccccc1. The number of rotatable bonds is 12. The second-order valence-electron chi connectivity index (χ2n) is 8.33. The molecular formula is C33H34O5. The van der Waals surface area contributed by atoms with Gasteiger partial charge in [0.2, 0.25) is 0 Å². The van der Waals surface area contributed by atoms with Crippen LogP contribution in [0.4, 0.5) is 0 Å². The maximum absolute atomic E-state index is 10.9. The summed E-state index contributed by atoms with van der Waals surface area (Å²) in [6, 6.07) is 36.3. The molecule has 0 heterocycles. The van der Waals surface area contributed by atoms with Gasteiger partial charge in [0.1, 0.15) is 31.3 Å². The topological polar surface area (TPSA) is 65.0 Å². The van der Waals surface area contributed by atoms with Gasteiger partial charge in [-0.05, 0) is 34.4 Å². The van der Waals surface area contributed by atoms with Crippen molar-refractivity contribution >= 4 is 5.97 Å². The molecule has 0 aliphatic rings. The molecule has 0 saturated heterocycles. The van der Waals surface area contributed by atoms with E-state index in [0.29, 0.717) is 13.2 Å². The molecule has 0 aromatic heterocycles. The molecule has 0 aliphatic heterocycles. The second-order valence-corrected chi connectivity index (χ2v) is 8.33. The summed E-state index contributed by atoms with van der Waals surface area (Å²) in [4.78, 5) is 10.9. The van der Waals surface area contributed by atoms with Crippen LogP contribution < -0.4 is 9.47 Å². The minimum Gasteiger partial charge on any atom is -0.491 e. The summed E-state index contributed by atoms with van der Waals surface area (Å²) < 4.78 is 16.1. The molecular weight excluding hydrogens is 476 g/mol. The molecule has 5 heteroatoms. The molecule has 196 valence electrons. The highest BCUT2D eigenvalue weighted by Crippen LogP contribution is 2.22. The highest BCUT2D eigenvalue weighted by molar-refractivity contribution is 5.81. The van der Waals surface area contributed by atoms with Crippen molar-refractivity contribution in [1.82, 2.24) is 0 Å². The average molecular weight is 511 g/mol. The van der Waals surface area contributed by atoms with Crippen molar-refractivity contribution in [2.24, 2.45) is 0 Å². The lowest BCUT2D eigenvalue weighted by Crippen LogP contribution is -2.11. The molecule has 0 radical (unpaired) electrons. The zero-order chi connectivity index (χ0) is 26.8. The molecule has 0 atom stereocenters. The van der Waals surface area contributed by atoms with E-state index in [2.05, 4.69) is 36.9 Å². The van der Waals surface area contributed by atoms with E-state index in [1.54, 1.807) is 0 Å². The van der Waals surface area contributed by atoms with Crippen molar-refractivity contribution in [2.75, 3.05) is 26.4 Å². The lowest BCUT2D eigenvalue weighted by Gasteiger charge is -2.11. The number of carbonyl (C=O) groups is 1. The quantitative estimate of drug-likeness (QED) is 0.143. The van der Waals surface area contributed by atoms with Crippen molar-refractivity contribution < 1.29 is 24.1 Å². The van der Waals surface area contributed by atoms with E-state index in [1.165, 1.54) is 11.1 Å². The Labute approximate surface area is 224 Å². The van der Waals surface area contributed by atoms with Crippen molar-refractivity contribution in [3.63, 3.8) is 0 Å². The van der Waals surface area contributed by atoms with Gasteiger partial charge in [0.25, 0.3) is 0 Å². The molecule has 0 saturated carbocycles. The van der Waals surface area contributed by atoms with E-state index >= 15 is 0 Å². The number of benzene rings is 4. The molecule has 4 aromatic carbocycles. The van der Waals surface area contributed by atoms with Crippen molar-refractivity contribution in [3.05, 3.63) is 144 Å². The fourth-order valence-electron chi connectivity index (χ4n) is 3.72. The molecule has 4 rings (SSSR count). The van der Waals surface area contributed by atoms with Gasteiger partial charge in [-0.1, -0.05) is 104 Å². The van der Waals surface area contributed by atoms with Gasteiger partial charge in [0, 0.05) is 18.9 Å². The fraction of sp³-hybridized carbons (Fsp3) is 0.182. The molecule has 0 fully saturated rings. The van der Waals surface area contributed by atoms with Crippen LogP contribution in [0.2, 0.25) is 0 Å². The van der Waals surface area contributed by atoms with Crippen LogP contribution in [0.25, 0.3) is 0 Å². The predicted octanol–water partition coefficient (Wildman–Crippen LogP) is 6.03. The van der Waals surface area contributed by atoms with Gasteiger partial charge in [-0.25, -0.2) is 4.79 Å². The van der Waals surface area contributed by atoms with Crippen LogP contribution in [0.5, 0.6) is 11.5 Å². The average Bonchev–Trinajstić information content (AvgIpc) is 2.97. The van der Waals surface area contributed by atoms with E-state index < -0.39 is 5.97 Å². The predicted molar refractivity (Wildman–Crippen MR) is 151 cm³/mol. The number of hydrogen-bond donors (Lipinski definition) is 1. The van der Waals surface area contributed by atoms with Crippen molar-refractivity contribution in [3.8, 4) is 11.5 Å². The minimum atomic E-state index is -0.434. The number of aliphatic hydroxyl groups excluding tert-OH is 1. The van der Waals surface area contributed by atoms with Gasteiger partial charge in [-0.3, -0.25) is 0 Å². The summed E-state index contributed by atoms with van der Waals surface area (Å²) in [5.74, 6) is 1.23. The summed E-state index contributed by atoms with van der Waals surface area (Å²) in [5.41, 5.74) is 4.74. The molecule has 38 heavy (non-hydrogen) atoms. The third kappa shape index (κ3) is 9.96. The van der Waals surface area contributed by atoms with Crippen molar-refractivity contribution in [1.29, 1.82) is 0 Å². The molecule has 0 bridgehead atoms. The van der Waals surface area contributed by atoms with Crippen LogP contribution in [-0.2, 0) is 22.4 Å². The Bertz CT molecular complexity index is 1240. The molecule has 0 amide bonds. The first-order valence-corrected chi connectivity index (χ1v) is 12.6. The van der Waals surface area contributed by atoms with E-state index in [1.807, 2.05) is 78.9 Å². The second kappa shape index (κ2) is 16.4. The largest absolute Gasteiger partial charge is 0.491 e. The monoisotopic (exact) mass is 510 g/mol. The van der Waals surface area contributed by atoms with Gasteiger partial charge >= 0.3 is 5.97 Å². The highest BCUT2D eigenvalue weighted by Gasteiger charge is 2.05. The number of carbonyl (C=O) groups excluding carboxylic acids is 1. The van der Waals surface area contributed by atoms with Gasteiger partial charge in [-0.15, -0.1) is 0 Å². The first kappa shape index (κ1) is 28.2. The van der Waals surface area contributed by atoms with Gasteiger partial charge in [0.05, 0.1) is 6.61 Å². The normalized spacial score (nSPS) is 10.0. The first-order valence-electron chi connectivity index (χ1n) is 12.6. The summed E-state index contributed by atoms with van der Waals surface area (Å²) in [5, 5.41) is 8.78. The van der Waals surface area contributed by atoms with Crippen LogP contribution in [-0.4, -0.2) is 37.5 Å². The summed E-state index contributed by atoms with van der Waals surface area (Å²) in [6.45, 7) is 4.26. The number of para-hydroxylation sites is 2. The molecule has 0 spiro atoms. The molecule has 0 aliphatic carbocycles. The number of hydrogen-bond acceptors (Lipinski definition) is 5. The number of aliphatic hydroxyl groups is 1. The van der Waals surface area contributed by atoms with Crippen LogP contribution in [0, 0.1) is 0 Å². The summed E-state index contributed by atoms with van der Waals surface area (Å²) in [6.07, 6.45) is 2.80. The van der Waals surface area contributed by atoms with Gasteiger partial charge < -0.3 is 19.3 Å². The first-order chi connectivity index (χ1) is 18.7. The zero-order valence-corrected chi connectivity index (χ0v) is 21.5. The van der Waals surface area contributed by atoms with E-state index in [0.717, 1.165) is 41.5 Å². The summed E-state index contributed by atoms with van der Waals surface area (Å²) in [7, 11) is 0. The lowest BCUT2D eigenvalue weighted by atomic mass is 10.0. The highest BCUT2D eigenvalue weighted by atomic mass is 16.6. The van der Waals surface area contributed by atoms with Crippen LogP contribution in [0.1, 0.15) is 22.3 Å². The smallest absolute Gasteiger partial charge is 0.330 e. The molecule has 5 nitrogen and oxygen atoms in total. The minimum absolute atomic E-state index is 0.0413. The fourth-order valence-corrected chi connectivity index (χ4v) is 3.72. The van der Waals surface area contributed by atoms with Gasteiger partial charge in [-0.2, -0.15) is 0 Å². The van der Waals surface area contributed by atoms with Crippen LogP contribution >= 0.6 is 0 Å². The summed E-state index contributed by atoms with van der Waals surface area (Å²) >= 11 is 0. The van der Waals surface area contributed by atoms with Crippen LogP contribution in [0.3, 0.4) is 0 Å². The molecule has 4 aromatic rings. The Hall–Kier alpha value is -4.35. The Morgan fingerprint density at radius 1 is 0.632 bits per heavy atom. The maximum Gasteiger partial charge on any atom is 0.330 e. The Kier molecular flexibility index (Phi) is 12.2. The van der Waals surface area contributed by atoms with E-state index in [9.17, 15) is 4.79 Å². The zero-order valence-electron chi connectivity index (χ0n) is 21.5. The Balaban J connectivity index is 0.000000215. The Morgan fingerprint density at radius 3 is 1.55 bits per heavy atom. The molecule has 0 unspecified atom stereocenters. The van der Waals surface area contributed by atoms with E-state index in [-0.39, 0.29) is 13.2 Å². The van der Waals surface area contributed by atoms with Gasteiger partial charge in [0.15, 0.2) is 0 Å². The third-order valence-corrected chi connectivity index (χ3v) is 5.52. The molecule has 1 N–H and O–H groups in total. The third-order valence-electron chi connectivity index (χ3n) is 5.52. The van der Waals surface area contributed by atoms with Crippen LogP contribution in [0.15, 0.2) is 122 Å². The maximum atomic E-state index is 10.9. The number of ether oxygens (including phenoxy) is 3. The number of esters is 1. The standard InChI is InChI=1S/C18H18O3.C15H16O2/c1-2-18(19)21-13-12-20-17-11-7-6-10-16(17)14-15-8-4-3-5-9-15;16-10-11-17-15-9-5-4-8-14(15)12-13-6-2-1-3-7-13/h2-11H,1,12-14H2;1-9,16H,10-12H2. The van der Waals surface area contributed by atoms with E-state index in [4.69, 9.17) is 19.3 Å². The van der Waals surface area contributed by atoms with Crippen molar-refractivity contribution in [2.45, 2.75) is 12.8 Å². The Morgan fingerprint density at radius 2 is 1.08 bits per heavy atom. The lowest BCUT2D eigenvalue weighted by molar-refractivity contribution is -0.138.